The van der Waals surface area contributed by atoms with E-state index < -0.39 is 15.9 Å². The van der Waals surface area contributed by atoms with Crippen LogP contribution in [0.25, 0.3) is 0 Å². The molecule has 0 unspecified atom stereocenters. The number of hydrogen-bond acceptors (Lipinski definition) is 6. The molecule has 7 nitrogen and oxygen atoms in total. The number of benzene rings is 2. The third-order valence-electron chi connectivity index (χ3n) is 3.92. The molecular formula is C19H23N3O4S. The van der Waals surface area contributed by atoms with Gasteiger partial charge in [0.05, 0.1) is 10.6 Å². The smallest absolute Gasteiger partial charge is 0.264 e. The van der Waals surface area contributed by atoms with E-state index in [2.05, 4.69) is 9.89 Å². The van der Waals surface area contributed by atoms with Crippen molar-refractivity contribution in [2.45, 2.75) is 25.7 Å². The maximum absolute atomic E-state index is 11.9. The topological polar surface area (TPSA) is 99.1 Å². The third kappa shape index (κ3) is 5.30. The highest BCUT2D eigenvalue weighted by Gasteiger charge is 2.14. The summed E-state index contributed by atoms with van der Waals surface area (Å²) in [7, 11) is -3.86. The first-order valence-corrected chi connectivity index (χ1v) is 10.0. The number of nitrogens with one attached hydrogen (secondary N) is 1. The van der Waals surface area contributed by atoms with Crippen LogP contribution in [0.15, 0.2) is 52.4 Å². The highest BCUT2D eigenvalue weighted by molar-refractivity contribution is 7.90. The van der Waals surface area contributed by atoms with Gasteiger partial charge in [0.15, 0.2) is 0 Å². The Labute approximate surface area is 159 Å². The molecule has 2 N–H and O–H groups in total. The second-order valence-corrected chi connectivity index (χ2v) is 7.51. The van der Waals surface area contributed by atoms with Gasteiger partial charge in [-0.1, -0.05) is 0 Å². The maximum Gasteiger partial charge on any atom is 0.264 e. The van der Waals surface area contributed by atoms with Gasteiger partial charge in [0.2, 0.25) is 5.91 Å². The minimum absolute atomic E-state index is 0.0249. The molecule has 0 spiro atoms. The number of anilines is 1. The second kappa shape index (κ2) is 8.68. The Morgan fingerprint density at radius 3 is 2.30 bits per heavy atom. The summed E-state index contributed by atoms with van der Waals surface area (Å²) in [6.07, 6.45) is 1.51. The molecule has 0 saturated carbocycles. The SMILES string of the molecule is CCN(CC)c1ccc(C=Nc2ccc(S(=O)(=O)NC(C)=O)cc2)c(O)c1. The van der Waals surface area contributed by atoms with E-state index in [-0.39, 0.29) is 10.6 Å². The number of amides is 1. The van der Waals surface area contributed by atoms with E-state index in [1.165, 1.54) is 30.5 Å². The predicted octanol–water partition coefficient (Wildman–Crippen LogP) is 2.81. The lowest BCUT2D eigenvalue weighted by Gasteiger charge is -2.21. The lowest BCUT2D eigenvalue weighted by molar-refractivity contribution is -0.117. The number of phenols is 1. The summed E-state index contributed by atoms with van der Waals surface area (Å²) in [6.45, 7) is 6.92. The molecular weight excluding hydrogens is 366 g/mol. The molecule has 27 heavy (non-hydrogen) atoms. The molecule has 0 aliphatic heterocycles. The van der Waals surface area contributed by atoms with Crippen LogP contribution in [-0.2, 0) is 14.8 Å². The van der Waals surface area contributed by atoms with E-state index in [0.717, 1.165) is 25.7 Å². The van der Waals surface area contributed by atoms with Gasteiger partial charge in [0, 0.05) is 43.5 Å². The van der Waals surface area contributed by atoms with Crippen LogP contribution in [-0.4, -0.2) is 38.7 Å². The second-order valence-electron chi connectivity index (χ2n) is 5.83. The van der Waals surface area contributed by atoms with Crippen LogP contribution in [0.5, 0.6) is 5.75 Å². The van der Waals surface area contributed by atoms with E-state index >= 15 is 0 Å². The summed E-state index contributed by atoms with van der Waals surface area (Å²) in [6, 6.07) is 11.2. The molecule has 2 aromatic rings. The van der Waals surface area contributed by atoms with Gasteiger partial charge in [-0.25, -0.2) is 13.1 Å². The van der Waals surface area contributed by atoms with Crippen molar-refractivity contribution < 1.29 is 18.3 Å². The number of phenolic OH excluding ortho intramolecular Hbond substituents is 1. The van der Waals surface area contributed by atoms with Crippen LogP contribution < -0.4 is 9.62 Å². The summed E-state index contributed by atoms with van der Waals surface area (Å²) >= 11 is 0. The van der Waals surface area contributed by atoms with Gasteiger partial charge in [-0.05, 0) is 50.2 Å². The first kappa shape index (κ1) is 20.4. The highest BCUT2D eigenvalue weighted by atomic mass is 32.2. The van der Waals surface area contributed by atoms with Gasteiger partial charge < -0.3 is 10.0 Å². The first-order valence-electron chi connectivity index (χ1n) is 8.52. The van der Waals surface area contributed by atoms with Crippen LogP contribution in [0.3, 0.4) is 0 Å². The molecule has 0 aromatic heterocycles. The van der Waals surface area contributed by atoms with E-state index in [4.69, 9.17) is 0 Å². The molecule has 0 aliphatic rings. The summed E-state index contributed by atoms with van der Waals surface area (Å²) in [4.78, 5) is 17.3. The molecule has 0 radical (unpaired) electrons. The van der Waals surface area contributed by atoms with Gasteiger partial charge in [-0.2, -0.15) is 0 Å². The number of carbonyl (C=O) groups is 1. The van der Waals surface area contributed by atoms with E-state index in [1.54, 1.807) is 12.1 Å². The Kier molecular flexibility index (Phi) is 6.57. The molecule has 2 rings (SSSR count). The van der Waals surface area contributed by atoms with Gasteiger partial charge in [0.1, 0.15) is 5.75 Å². The van der Waals surface area contributed by atoms with Crippen molar-refractivity contribution in [1.82, 2.24) is 4.72 Å². The van der Waals surface area contributed by atoms with Crippen LogP contribution in [0, 0.1) is 0 Å². The van der Waals surface area contributed by atoms with Crippen LogP contribution in [0.4, 0.5) is 11.4 Å². The Morgan fingerprint density at radius 2 is 1.78 bits per heavy atom. The molecule has 8 heteroatoms. The molecule has 1 amide bonds. The van der Waals surface area contributed by atoms with Crippen molar-refractivity contribution in [3.05, 3.63) is 48.0 Å². The fraction of sp³-hybridized carbons (Fsp3) is 0.263. The molecule has 0 bridgehead atoms. The third-order valence-corrected chi connectivity index (χ3v) is 5.37. The molecule has 0 fully saturated rings. The zero-order valence-electron chi connectivity index (χ0n) is 15.5. The zero-order valence-corrected chi connectivity index (χ0v) is 16.3. The van der Waals surface area contributed by atoms with Crippen molar-refractivity contribution >= 4 is 33.5 Å². The molecule has 2 aromatic carbocycles. The number of sulfonamides is 1. The quantitative estimate of drug-likeness (QED) is 0.710. The average Bonchev–Trinajstić information content (AvgIpc) is 2.61. The Balaban J connectivity index is 2.18. The molecule has 144 valence electrons. The van der Waals surface area contributed by atoms with Crippen molar-refractivity contribution in [2.24, 2.45) is 4.99 Å². The number of nitrogens with zero attached hydrogens (tertiary/aromatic N) is 2. The number of carbonyl (C=O) groups excluding carboxylic acids is 1. The number of hydrogen-bond donors (Lipinski definition) is 2. The lowest BCUT2D eigenvalue weighted by atomic mass is 10.2. The van der Waals surface area contributed by atoms with E-state index in [9.17, 15) is 18.3 Å². The molecule has 0 aliphatic carbocycles. The van der Waals surface area contributed by atoms with Gasteiger partial charge in [-0.3, -0.25) is 9.79 Å². The number of aliphatic imine (C=N–C) groups is 1. The monoisotopic (exact) mass is 389 g/mol. The van der Waals surface area contributed by atoms with Crippen molar-refractivity contribution in [3.63, 3.8) is 0 Å². The van der Waals surface area contributed by atoms with Gasteiger partial charge in [-0.15, -0.1) is 0 Å². The Bertz CT molecular complexity index is 934. The fourth-order valence-electron chi connectivity index (χ4n) is 2.53. The summed E-state index contributed by atoms with van der Waals surface area (Å²) in [5.74, 6) is -0.534. The lowest BCUT2D eigenvalue weighted by Crippen LogP contribution is -2.28. The van der Waals surface area contributed by atoms with Crippen molar-refractivity contribution in [3.8, 4) is 5.75 Å². The van der Waals surface area contributed by atoms with Gasteiger partial charge >= 0.3 is 0 Å². The average molecular weight is 389 g/mol. The fourth-order valence-corrected chi connectivity index (χ4v) is 3.52. The summed E-state index contributed by atoms with van der Waals surface area (Å²) < 4.78 is 25.7. The maximum atomic E-state index is 11.9. The minimum Gasteiger partial charge on any atom is -0.507 e. The van der Waals surface area contributed by atoms with Crippen LogP contribution >= 0.6 is 0 Å². The Morgan fingerprint density at radius 1 is 1.15 bits per heavy atom. The van der Waals surface area contributed by atoms with Crippen LogP contribution in [0.1, 0.15) is 26.3 Å². The summed E-state index contributed by atoms with van der Waals surface area (Å²) in [5.41, 5.74) is 2.01. The minimum atomic E-state index is -3.86. The normalized spacial score (nSPS) is 11.5. The van der Waals surface area contributed by atoms with E-state index in [1.807, 2.05) is 24.6 Å². The van der Waals surface area contributed by atoms with E-state index in [0.29, 0.717) is 11.3 Å². The first-order chi connectivity index (χ1) is 12.8. The molecule has 0 heterocycles. The van der Waals surface area contributed by atoms with Crippen molar-refractivity contribution in [1.29, 1.82) is 0 Å². The molecule has 0 saturated heterocycles. The zero-order chi connectivity index (χ0) is 20.0. The Hall–Kier alpha value is -2.87. The number of aromatic hydroxyl groups is 1. The van der Waals surface area contributed by atoms with Crippen LogP contribution in [0.2, 0.25) is 0 Å². The van der Waals surface area contributed by atoms with Gasteiger partial charge in [0.25, 0.3) is 10.0 Å². The molecule has 0 atom stereocenters. The number of rotatable bonds is 7. The summed E-state index contributed by atoms with van der Waals surface area (Å²) in [5, 5.41) is 10.2. The van der Waals surface area contributed by atoms with Crippen molar-refractivity contribution in [2.75, 3.05) is 18.0 Å². The highest BCUT2D eigenvalue weighted by Crippen LogP contribution is 2.24. The predicted molar refractivity (Wildman–Crippen MR) is 106 cm³/mol. The largest absolute Gasteiger partial charge is 0.507 e. The standard InChI is InChI=1S/C19H23N3O4S/c1-4-22(5-2)17-9-6-15(19(24)12-17)13-20-16-7-10-18(11-8-16)27(25,26)21-14(3)23/h6-13,24H,4-5H2,1-3H3,(H,21,23).